The molecule has 1 unspecified atom stereocenters. The lowest BCUT2D eigenvalue weighted by Crippen LogP contribution is -2.00. The lowest BCUT2D eigenvalue weighted by molar-refractivity contribution is 0.192. The molecule has 0 spiro atoms. The van der Waals surface area contributed by atoms with E-state index in [0.717, 1.165) is 24.5 Å². The quantitative estimate of drug-likeness (QED) is 0.725. The summed E-state index contributed by atoms with van der Waals surface area (Å²) in [7, 11) is 2.03. The van der Waals surface area contributed by atoms with Crippen LogP contribution in [0.2, 0.25) is 0 Å². The summed E-state index contributed by atoms with van der Waals surface area (Å²) in [4.78, 5) is 4.60. The Morgan fingerprint density at radius 1 is 1.29 bits per heavy atom. The van der Waals surface area contributed by atoms with Gasteiger partial charge in [-0.1, -0.05) is 23.4 Å². The highest BCUT2D eigenvalue weighted by Gasteiger charge is 2.25. The molecule has 1 aliphatic rings. The summed E-state index contributed by atoms with van der Waals surface area (Å²) in [5, 5.41) is 5.37. The minimum absolute atomic E-state index is 0.262. The SMILES string of the molecule is Cc1c(-c2nc(C3CCOC3)no2)n(C)c2ccccc12. The lowest BCUT2D eigenvalue weighted by atomic mass is 10.1. The third kappa shape index (κ3) is 1.88. The van der Waals surface area contributed by atoms with E-state index in [1.807, 2.05) is 19.2 Å². The number of aromatic nitrogens is 3. The van der Waals surface area contributed by atoms with E-state index in [1.54, 1.807) is 0 Å². The monoisotopic (exact) mass is 283 g/mol. The highest BCUT2D eigenvalue weighted by molar-refractivity contribution is 5.90. The zero-order valence-electron chi connectivity index (χ0n) is 12.2. The summed E-state index contributed by atoms with van der Waals surface area (Å²) in [6.07, 6.45) is 0.965. The molecule has 0 N–H and O–H groups in total. The van der Waals surface area contributed by atoms with Gasteiger partial charge in [0.1, 0.15) is 5.69 Å². The van der Waals surface area contributed by atoms with Gasteiger partial charge in [-0.15, -0.1) is 0 Å². The van der Waals surface area contributed by atoms with E-state index in [-0.39, 0.29) is 5.92 Å². The number of hydrogen-bond acceptors (Lipinski definition) is 4. The van der Waals surface area contributed by atoms with Crippen LogP contribution in [0, 0.1) is 6.92 Å². The Kier molecular flexibility index (Phi) is 2.82. The third-order valence-electron chi connectivity index (χ3n) is 4.30. The summed E-state index contributed by atoms with van der Waals surface area (Å²) in [5.41, 5.74) is 3.34. The molecule has 2 aromatic heterocycles. The molecule has 1 aromatic carbocycles. The molecule has 21 heavy (non-hydrogen) atoms. The van der Waals surface area contributed by atoms with Gasteiger partial charge in [0.15, 0.2) is 5.82 Å². The Morgan fingerprint density at radius 3 is 2.90 bits per heavy atom. The fourth-order valence-corrected chi connectivity index (χ4v) is 3.12. The number of benzene rings is 1. The molecule has 0 radical (unpaired) electrons. The Bertz CT molecular complexity index is 758. The fourth-order valence-electron chi connectivity index (χ4n) is 3.12. The molecular formula is C16H17N3O2. The normalized spacial score (nSPS) is 18.7. The minimum atomic E-state index is 0.262. The first-order valence-electron chi connectivity index (χ1n) is 7.21. The average molecular weight is 283 g/mol. The molecule has 0 saturated carbocycles. The highest BCUT2D eigenvalue weighted by atomic mass is 16.5. The van der Waals surface area contributed by atoms with E-state index in [1.165, 1.54) is 16.5 Å². The Balaban J connectivity index is 1.83. The van der Waals surface area contributed by atoms with Crippen LogP contribution in [0.4, 0.5) is 0 Å². The van der Waals surface area contributed by atoms with Crippen molar-refractivity contribution < 1.29 is 9.26 Å². The van der Waals surface area contributed by atoms with Gasteiger partial charge < -0.3 is 13.8 Å². The topological polar surface area (TPSA) is 53.1 Å². The van der Waals surface area contributed by atoms with E-state index >= 15 is 0 Å². The van der Waals surface area contributed by atoms with E-state index in [2.05, 4.69) is 33.8 Å². The Morgan fingerprint density at radius 2 is 2.14 bits per heavy atom. The van der Waals surface area contributed by atoms with Gasteiger partial charge in [-0.2, -0.15) is 4.98 Å². The second-order valence-electron chi connectivity index (χ2n) is 5.57. The van der Waals surface area contributed by atoms with Gasteiger partial charge in [-0.3, -0.25) is 0 Å². The second kappa shape index (κ2) is 4.70. The largest absolute Gasteiger partial charge is 0.381 e. The molecule has 3 aromatic rings. The van der Waals surface area contributed by atoms with E-state index in [4.69, 9.17) is 9.26 Å². The molecule has 5 heteroatoms. The van der Waals surface area contributed by atoms with Crippen molar-refractivity contribution in [1.29, 1.82) is 0 Å². The maximum absolute atomic E-state index is 5.52. The van der Waals surface area contributed by atoms with Crippen molar-refractivity contribution in [2.75, 3.05) is 13.2 Å². The summed E-state index contributed by atoms with van der Waals surface area (Å²) in [6, 6.07) is 8.32. The van der Waals surface area contributed by atoms with Crippen molar-refractivity contribution in [1.82, 2.24) is 14.7 Å². The van der Waals surface area contributed by atoms with Gasteiger partial charge in [-0.05, 0) is 25.0 Å². The van der Waals surface area contributed by atoms with E-state index in [9.17, 15) is 0 Å². The van der Waals surface area contributed by atoms with Crippen molar-refractivity contribution in [3.8, 4) is 11.6 Å². The molecule has 108 valence electrons. The lowest BCUT2D eigenvalue weighted by Gasteiger charge is -2.00. The van der Waals surface area contributed by atoms with Crippen LogP contribution in [-0.2, 0) is 11.8 Å². The van der Waals surface area contributed by atoms with Gasteiger partial charge in [0.2, 0.25) is 0 Å². The smallest absolute Gasteiger partial charge is 0.274 e. The third-order valence-corrected chi connectivity index (χ3v) is 4.30. The molecule has 1 fully saturated rings. The first-order valence-corrected chi connectivity index (χ1v) is 7.21. The van der Waals surface area contributed by atoms with Crippen LogP contribution in [0.1, 0.15) is 23.7 Å². The first kappa shape index (κ1) is 12.6. The molecular weight excluding hydrogens is 266 g/mol. The van der Waals surface area contributed by atoms with Crippen LogP contribution >= 0.6 is 0 Å². The zero-order chi connectivity index (χ0) is 14.4. The molecule has 5 nitrogen and oxygen atoms in total. The van der Waals surface area contributed by atoms with Crippen LogP contribution in [0.3, 0.4) is 0 Å². The van der Waals surface area contributed by atoms with Gasteiger partial charge in [0, 0.05) is 30.5 Å². The molecule has 4 rings (SSSR count). The number of nitrogens with zero attached hydrogens (tertiary/aromatic N) is 3. The predicted molar refractivity (Wildman–Crippen MR) is 79.1 cm³/mol. The maximum atomic E-state index is 5.52. The number of ether oxygens (including phenoxy) is 1. The first-order chi connectivity index (χ1) is 10.3. The van der Waals surface area contributed by atoms with Crippen molar-refractivity contribution in [3.63, 3.8) is 0 Å². The van der Waals surface area contributed by atoms with E-state index in [0.29, 0.717) is 12.5 Å². The number of hydrogen-bond donors (Lipinski definition) is 0. The number of aryl methyl sites for hydroxylation is 2. The number of para-hydroxylation sites is 1. The van der Waals surface area contributed by atoms with Crippen LogP contribution in [0.15, 0.2) is 28.8 Å². The highest BCUT2D eigenvalue weighted by Crippen LogP contribution is 2.32. The minimum Gasteiger partial charge on any atom is -0.381 e. The fraction of sp³-hybridized carbons (Fsp3) is 0.375. The maximum Gasteiger partial charge on any atom is 0.274 e. The Labute approximate surface area is 122 Å². The summed E-state index contributed by atoms with van der Waals surface area (Å²) >= 11 is 0. The van der Waals surface area contributed by atoms with Gasteiger partial charge >= 0.3 is 0 Å². The van der Waals surface area contributed by atoms with Crippen LogP contribution in [0.25, 0.3) is 22.5 Å². The zero-order valence-corrected chi connectivity index (χ0v) is 12.2. The van der Waals surface area contributed by atoms with Crippen LogP contribution in [0.5, 0.6) is 0 Å². The number of fused-ring (bicyclic) bond motifs is 1. The van der Waals surface area contributed by atoms with Crippen LogP contribution in [-0.4, -0.2) is 27.9 Å². The van der Waals surface area contributed by atoms with Crippen molar-refractivity contribution in [3.05, 3.63) is 35.7 Å². The molecule has 1 saturated heterocycles. The predicted octanol–water partition coefficient (Wildman–Crippen LogP) is 3.04. The summed E-state index contributed by atoms with van der Waals surface area (Å²) < 4.78 is 13.0. The Hall–Kier alpha value is -2.14. The van der Waals surface area contributed by atoms with Gasteiger partial charge in [0.25, 0.3) is 5.89 Å². The summed E-state index contributed by atoms with van der Waals surface area (Å²) in [6.45, 7) is 3.56. The average Bonchev–Trinajstić information content (AvgIpc) is 3.21. The molecule has 3 heterocycles. The van der Waals surface area contributed by atoms with Crippen LogP contribution < -0.4 is 0 Å². The van der Waals surface area contributed by atoms with Crippen molar-refractivity contribution in [2.45, 2.75) is 19.3 Å². The molecule has 1 atom stereocenters. The molecule has 1 aliphatic heterocycles. The second-order valence-corrected chi connectivity index (χ2v) is 5.57. The van der Waals surface area contributed by atoms with Crippen molar-refractivity contribution in [2.24, 2.45) is 7.05 Å². The number of rotatable bonds is 2. The van der Waals surface area contributed by atoms with Crippen molar-refractivity contribution >= 4 is 10.9 Å². The van der Waals surface area contributed by atoms with Gasteiger partial charge in [-0.25, -0.2) is 0 Å². The molecule has 0 bridgehead atoms. The standard InChI is InChI=1S/C16H17N3O2/c1-10-12-5-3-4-6-13(12)19(2)14(10)16-17-15(18-21-16)11-7-8-20-9-11/h3-6,11H,7-9H2,1-2H3. The molecule has 0 amide bonds. The molecule has 0 aliphatic carbocycles. The van der Waals surface area contributed by atoms with E-state index < -0.39 is 0 Å². The summed E-state index contributed by atoms with van der Waals surface area (Å²) in [5.74, 6) is 1.61. The van der Waals surface area contributed by atoms with Gasteiger partial charge in [0.05, 0.1) is 6.61 Å².